The Morgan fingerprint density at radius 3 is 2.20 bits per heavy atom. The summed E-state index contributed by atoms with van der Waals surface area (Å²) in [6, 6.07) is 9.97. The van der Waals surface area contributed by atoms with Gasteiger partial charge in [-0.15, -0.1) is 6.58 Å². The van der Waals surface area contributed by atoms with Gasteiger partial charge in [-0.3, -0.25) is 0 Å². The predicted octanol–water partition coefficient (Wildman–Crippen LogP) is 5.05. The molecule has 1 aromatic rings. The molecule has 0 aliphatic rings. The summed E-state index contributed by atoms with van der Waals surface area (Å²) in [5.41, 5.74) is 1.35. The minimum atomic E-state index is -1.62. The summed E-state index contributed by atoms with van der Waals surface area (Å²) in [5.74, 6) is 0. The first-order valence-corrected chi connectivity index (χ1v) is 10.8. The van der Waals surface area contributed by atoms with Gasteiger partial charge in [-0.1, -0.05) is 66.8 Å². The Hall–Kier alpha value is -1.12. The molecule has 0 bridgehead atoms. The van der Waals surface area contributed by atoms with Crippen molar-refractivity contribution < 1.29 is 5.11 Å². The highest BCUT2D eigenvalue weighted by Crippen LogP contribution is 2.38. The van der Waals surface area contributed by atoms with Gasteiger partial charge in [-0.25, -0.2) is 0 Å². The molecular weight excluding hydrogens is 260 g/mol. The van der Waals surface area contributed by atoms with Gasteiger partial charge in [0.1, 0.15) is 5.60 Å². The summed E-state index contributed by atoms with van der Waals surface area (Å²) in [7, 11) is -1.62. The van der Waals surface area contributed by atoms with E-state index in [-0.39, 0.29) is 0 Å². The van der Waals surface area contributed by atoms with Gasteiger partial charge < -0.3 is 5.11 Å². The van der Waals surface area contributed by atoms with Crippen LogP contribution in [0.1, 0.15) is 32.3 Å². The quantitative estimate of drug-likeness (QED) is 0.573. The molecule has 1 unspecified atom stereocenters. The van der Waals surface area contributed by atoms with Crippen molar-refractivity contribution in [1.82, 2.24) is 0 Å². The first-order valence-electron chi connectivity index (χ1n) is 7.29. The molecule has 1 atom stereocenters. The topological polar surface area (TPSA) is 20.2 Å². The highest BCUT2D eigenvalue weighted by Gasteiger charge is 2.38. The van der Waals surface area contributed by atoms with Crippen LogP contribution < -0.4 is 0 Å². The van der Waals surface area contributed by atoms with Crippen molar-refractivity contribution in [1.29, 1.82) is 0 Å². The van der Waals surface area contributed by atoms with E-state index in [1.54, 1.807) is 0 Å². The minimum absolute atomic E-state index is 0.700. The Morgan fingerprint density at radius 1 is 1.20 bits per heavy atom. The van der Waals surface area contributed by atoms with Gasteiger partial charge in [0.25, 0.3) is 0 Å². The van der Waals surface area contributed by atoms with Crippen LogP contribution in [0.25, 0.3) is 0 Å². The van der Waals surface area contributed by atoms with E-state index in [0.717, 1.165) is 17.2 Å². The lowest BCUT2D eigenvalue weighted by Gasteiger charge is -2.37. The second-order valence-electron chi connectivity index (χ2n) is 6.78. The van der Waals surface area contributed by atoms with Crippen molar-refractivity contribution in [3.8, 4) is 0 Å². The average molecular weight is 289 g/mol. The number of benzene rings is 1. The van der Waals surface area contributed by atoms with Gasteiger partial charge in [0, 0.05) is 0 Å². The summed E-state index contributed by atoms with van der Waals surface area (Å²) in [4.78, 5) is 0. The monoisotopic (exact) mass is 288 g/mol. The molecule has 0 spiro atoms. The van der Waals surface area contributed by atoms with Gasteiger partial charge in [0.2, 0.25) is 0 Å². The molecule has 0 radical (unpaired) electrons. The molecule has 0 aliphatic heterocycles. The molecule has 110 valence electrons. The first kappa shape index (κ1) is 16.9. The smallest absolute Gasteiger partial charge is 0.107 e. The lowest BCUT2D eigenvalue weighted by molar-refractivity contribution is 0.0746. The fourth-order valence-corrected chi connectivity index (χ4v) is 3.88. The zero-order valence-electron chi connectivity index (χ0n) is 13.5. The number of allylic oxidation sites excluding steroid dienone is 2. The number of hydrogen-bond acceptors (Lipinski definition) is 1. The van der Waals surface area contributed by atoms with E-state index in [1.165, 1.54) is 5.57 Å². The predicted molar refractivity (Wildman–Crippen MR) is 91.5 cm³/mol. The van der Waals surface area contributed by atoms with Gasteiger partial charge in [-0.2, -0.15) is 0 Å². The van der Waals surface area contributed by atoms with Gasteiger partial charge in [0.05, 0.1) is 8.07 Å². The summed E-state index contributed by atoms with van der Waals surface area (Å²) in [6.07, 6.45) is 3.76. The maximum atomic E-state index is 11.3. The molecular formula is C18H28OSi. The lowest BCUT2D eigenvalue weighted by atomic mass is 9.88. The molecule has 0 heterocycles. The molecule has 0 saturated heterocycles. The van der Waals surface area contributed by atoms with Crippen LogP contribution in [0.15, 0.2) is 53.8 Å². The third-order valence-electron chi connectivity index (χ3n) is 3.71. The third-order valence-corrected chi connectivity index (χ3v) is 5.94. The number of hydrogen-bond donors (Lipinski definition) is 1. The van der Waals surface area contributed by atoms with Crippen molar-refractivity contribution in [2.24, 2.45) is 0 Å². The highest BCUT2D eigenvalue weighted by molar-refractivity contribution is 6.83. The van der Waals surface area contributed by atoms with E-state index in [0.29, 0.717) is 6.42 Å². The van der Waals surface area contributed by atoms with E-state index in [9.17, 15) is 5.11 Å². The fourth-order valence-electron chi connectivity index (χ4n) is 2.37. The standard InChI is InChI=1S/C18H28OSi/c1-15(2)11-10-14-18(19,16(3)20(4,5)6)17-12-8-7-9-13-17/h7-9,11-13,19H,3,10,14H2,1-2,4-6H3. The summed E-state index contributed by atoms with van der Waals surface area (Å²) in [5, 5.41) is 12.3. The van der Waals surface area contributed by atoms with Gasteiger partial charge in [0.15, 0.2) is 0 Å². The number of aliphatic hydroxyl groups is 1. The van der Waals surface area contributed by atoms with Crippen molar-refractivity contribution >= 4 is 8.07 Å². The van der Waals surface area contributed by atoms with Crippen LogP contribution in [0.3, 0.4) is 0 Å². The van der Waals surface area contributed by atoms with E-state index < -0.39 is 13.7 Å². The summed E-state index contributed by atoms with van der Waals surface area (Å²) < 4.78 is 0. The zero-order valence-corrected chi connectivity index (χ0v) is 14.5. The Kier molecular flexibility index (Phi) is 5.55. The normalized spacial score (nSPS) is 14.5. The van der Waals surface area contributed by atoms with Gasteiger partial charge >= 0.3 is 0 Å². The molecule has 1 nitrogen and oxygen atoms in total. The molecule has 0 amide bonds. The zero-order chi connectivity index (χ0) is 15.4. The lowest BCUT2D eigenvalue weighted by Crippen LogP contribution is -2.40. The van der Waals surface area contributed by atoms with Crippen molar-refractivity contribution in [3.05, 3.63) is 59.3 Å². The Morgan fingerprint density at radius 2 is 1.75 bits per heavy atom. The second kappa shape index (κ2) is 6.55. The molecule has 0 fully saturated rings. The van der Waals surface area contributed by atoms with Crippen molar-refractivity contribution in [3.63, 3.8) is 0 Å². The van der Waals surface area contributed by atoms with E-state index in [4.69, 9.17) is 0 Å². The summed E-state index contributed by atoms with van der Waals surface area (Å²) >= 11 is 0. The highest BCUT2D eigenvalue weighted by atomic mass is 28.3. The van der Waals surface area contributed by atoms with Crippen LogP contribution in [-0.4, -0.2) is 13.2 Å². The van der Waals surface area contributed by atoms with E-state index in [2.05, 4.69) is 46.1 Å². The van der Waals surface area contributed by atoms with E-state index in [1.807, 2.05) is 30.3 Å². The molecule has 20 heavy (non-hydrogen) atoms. The molecule has 2 heteroatoms. The molecule has 0 aromatic heterocycles. The largest absolute Gasteiger partial charge is 0.381 e. The molecule has 1 aromatic carbocycles. The Balaban J connectivity index is 3.13. The fraction of sp³-hybridized carbons (Fsp3) is 0.444. The molecule has 1 rings (SSSR count). The summed E-state index contributed by atoms with van der Waals surface area (Å²) in [6.45, 7) is 15.2. The van der Waals surface area contributed by atoms with Crippen LogP contribution in [0.4, 0.5) is 0 Å². The molecule has 1 N–H and O–H groups in total. The van der Waals surface area contributed by atoms with Crippen LogP contribution >= 0.6 is 0 Å². The van der Waals surface area contributed by atoms with Crippen LogP contribution in [-0.2, 0) is 5.60 Å². The van der Waals surface area contributed by atoms with Crippen LogP contribution in [0, 0.1) is 0 Å². The first-order chi connectivity index (χ1) is 9.18. The second-order valence-corrected chi connectivity index (χ2v) is 11.9. The van der Waals surface area contributed by atoms with Crippen LogP contribution in [0.2, 0.25) is 19.6 Å². The Labute approximate surface area is 125 Å². The maximum Gasteiger partial charge on any atom is 0.107 e. The van der Waals surface area contributed by atoms with Crippen LogP contribution in [0.5, 0.6) is 0 Å². The maximum absolute atomic E-state index is 11.3. The Bertz CT molecular complexity index is 478. The molecule has 0 aliphatic carbocycles. The van der Waals surface area contributed by atoms with Crippen molar-refractivity contribution in [2.45, 2.75) is 51.9 Å². The number of rotatable bonds is 6. The van der Waals surface area contributed by atoms with Crippen molar-refractivity contribution in [2.75, 3.05) is 0 Å². The van der Waals surface area contributed by atoms with Gasteiger partial charge in [-0.05, 0) is 32.3 Å². The molecule has 0 saturated carbocycles. The SMILES string of the molecule is C=C(C(O)(CCC=C(C)C)c1ccccc1)[Si](C)(C)C. The third kappa shape index (κ3) is 4.19. The van der Waals surface area contributed by atoms with E-state index >= 15 is 0 Å². The average Bonchev–Trinajstić information content (AvgIpc) is 2.37. The minimum Gasteiger partial charge on any atom is -0.381 e.